The third-order valence-corrected chi connectivity index (χ3v) is 4.71. The molecule has 21 heavy (non-hydrogen) atoms. The zero-order valence-electron chi connectivity index (χ0n) is 13.7. The second kappa shape index (κ2) is 7.45. The van der Waals surface area contributed by atoms with Gasteiger partial charge in [-0.25, -0.2) is 0 Å². The fourth-order valence-corrected chi connectivity index (χ4v) is 2.86. The minimum Gasteiger partial charge on any atom is -0.0649 e. The van der Waals surface area contributed by atoms with E-state index in [1.54, 1.807) is 0 Å². The van der Waals surface area contributed by atoms with Crippen molar-refractivity contribution in [2.75, 3.05) is 0 Å². The molecule has 0 saturated carbocycles. The van der Waals surface area contributed by atoms with Crippen LogP contribution in [0.2, 0.25) is 0 Å². The van der Waals surface area contributed by atoms with Gasteiger partial charge in [-0.3, -0.25) is 0 Å². The summed E-state index contributed by atoms with van der Waals surface area (Å²) in [6.07, 6.45) is 5.08. The Labute approximate surface area is 130 Å². The van der Waals surface area contributed by atoms with Gasteiger partial charge < -0.3 is 0 Å². The summed E-state index contributed by atoms with van der Waals surface area (Å²) in [5.74, 6) is 0.528. The highest BCUT2D eigenvalue weighted by molar-refractivity contribution is 5.32. The Balaban J connectivity index is 2.11. The normalized spacial score (nSPS) is 11.8. The molecule has 0 nitrogen and oxygen atoms in total. The highest BCUT2D eigenvalue weighted by Gasteiger charge is 2.18. The van der Waals surface area contributed by atoms with Crippen LogP contribution in [-0.4, -0.2) is 0 Å². The van der Waals surface area contributed by atoms with Crippen molar-refractivity contribution in [3.05, 3.63) is 71.8 Å². The van der Waals surface area contributed by atoms with Crippen LogP contribution in [-0.2, 0) is 0 Å². The van der Waals surface area contributed by atoms with Crippen LogP contribution in [0, 0.1) is 5.41 Å². The highest BCUT2D eigenvalue weighted by Crippen LogP contribution is 2.33. The van der Waals surface area contributed by atoms with Crippen LogP contribution in [0.25, 0.3) is 0 Å². The summed E-state index contributed by atoms with van der Waals surface area (Å²) in [5.41, 5.74) is 3.36. The molecular weight excluding hydrogens is 252 g/mol. The van der Waals surface area contributed by atoms with Gasteiger partial charge in [0.05, 0.1) is 0 Å². The summed E-state index contributed by atoms with van der Waals surface area (Å²) < 4.78 is 0. The Hall–Kier alpha value is -1.56. The predicted octanol–water partition coefficient (Wildman–Crippen LogP) is 6.43. The maximum atomic E-state index is 2.38. The second-order valence-electron chi connectivity index (χ2n) is 6.78. The maximum Gasteiger partial charge on any atom is 0.00893 e. The molecule has 2 aromatic carbocycles. The molecule has 0 aliphatic heterocycles. The minimum atomic E-state index is 0.470. The fraction of sp³-hybridized carbons (Fsp3) is 0.429. The molecule has 0 saturated heterocycles. The molecule has 0 heterocycles. The van der Waals surface area contributed by atoms with Gasteiger partial charge in [0.2, 0.25) is 0 Å². The molecule has 0 aliphatic carbocycles. The first-order valence-corrected chi connectivity index (χ1v) is 8.22. The van der Waals surface area contributed by atoms with Crippen LogP contribution in [0.5, 0.6) is 0 Å². The van der Waals surface area contributed by atoms with E-state index in [0.717, 1.165) is 0 Å². The molecule has 2 aromatic rings. The van der Waals surface area contributed by atoms with E-state index in [0.29, 0.717) is 11.3 Å². The average molecular weight is 280 g/mol. The monoisotopic (exact) mass is 280 g/mol. The van der Waals surface area contributed by atoms with Crippen molar-refractivity contribution < 1.29 is 0 Å². The van der Waals surface area contributed by atoms with Crippen LogP contribution in [0.3, 0.4) is 0 Å². The molecule has 0 radical (unpaired) electrons. The first-order valence-electron chi connectivity index (χ1n) is 8.22. The van der Waals surface area contributed by atoms with Crippen molar-refractivity contribution in [2.24, 2.45) is 5.41 Å². The lowest BCUT2D eigenvalue weighted by Gasteiger charge is -2.24. The molecule has 0 heteroatoms. The fourth-order valence-electron chi connectivity index (χ4n) is 2.86. The third-order valence-electron chi connectivity index (χ3n) is 4.71. The number of rotatable bonds is 7. The molecule has 0 N–H and O–H groups in total. The lowest BCUT2D eigenvalue weighted by Crippen LogP contribution is -2.10. The molecule has 112 valence electrons. The van der Waals surface area contributed by atoms with Crippen molar-refractivity contribution >= 4 is 0 Å². The van der Waals surface area contributed by atoms with Gasteiger partial charge in [-0.1, -0.05) is 94.3 Å². The molecule has 2 rings (SSSR count). The summed E-state index contributed by atoms with van der Waals surface area (Å²) in [4.78, 5) is 0. The van der Waals surface area contributed by atoms with E-state index in [1.807, 2.05) is 0 Å². The van der Waals surface area contributed by atoms with Gasteiger partial charge in [-0.2, -0.15) is 0 Å². The van der Waals surface area contributed by atoms with Crippen LogP contribution >= 0.6 is 0 Å². The zero-order valence-corrected chi connectivity index (χ0v) is 13.7. The predicted molar refractivity (Wildman–Crippen MR) is 92.7 cm³/mol. The Morgan fingerprint density at radius 1 is 0.810 bits per heavy atom. The topological polar surface area (TPSA) is 0 Å². The zero-order chi connectivity index (χ0) is 15.1. The largest absolute Gasteiger partial charge is 0.0649 e. The van der Waals surface area contributed by atoms with Crippen LogP contribution in [0.1, 0.15) is 63.5 Å². The number of hydrogen-bond donors (Lipinski definition) is 0. The van der Waals surface area contributed by atoms with Crippen molar-refractivity contribution in [3.8, 4) is 0 Å². The van der Waals surface area contributed by atoms with Gasteiger partial charge in [0.1, 0.15) is 0 Å². The summed E-state index contributed by atoms with van der Waals surface area (Å²) in [6.45, 7) is 7.06. The molecule has 0 atom stereocenters. The molecule has 0 aliphatic rings. The van der Waals surface area contributed by atoms with Crippen LogP contribution in [0.15, 0.2) is 60.7 Å². The van der Waals surface area contributed by atoms with Gasteiger partial charge in [0, 0.05) is 5.92 Å². The van der Waals surface area contributed by atoms with Gasteiger partial charge in [-0.15, -0.1) is 0 Å². The second-order valence-corrected chi connectivity index (χ2v) is 6.78. The summed E-state index contributed by atoms with van der Waals surface area (Å²) in [7, 11) is 0. The quantitative estimate of drug-likeness (QED) is 0.548. The van der Waals surface area contributed by atoms with Crippen molar-refractivity contribution in [3.63, 3.8) is 0 Å². The Bertz CT molecular complexity index is 471. The summed E-state index contributed by atoms with van der Waals surface area (Å²) in [5, 5.41) is 0. The Kier molecular flexibility index (Phi) is 5.61. The van der Waals surface area contributed by atoms with Gasteiger partial charge >= 0.3 is 0 Å². The molecule has 0 amide bonds. The molecule has 0 unspecified atom stereocenters. The smallest absolute Gasteiger partial charge is 0.00893 e. The SMILES string of the molecule is CCC(C)(C)CCCC(c1ccccc1)c1ccccc1. The van der Waals surface area contributed by atoms with Crippen LogP contribution in [0.4, 0.5) is 0 Å². The Morgan fingerprint density at radius 3 is 1.71 bits per heavy atom. The standard InChI is InChI=1S/C21H28/c1-4-21(2,3)17-11-16-20(18-12-7-5-8-13-18)19-14-9-6-10-15-19/h5-10,12-15,20H,4,11,16-17H2,1-3H3. The van der Waals surface area contributed by atoms with Gasteiger partial charge in [0.15, 0.2) is 0 Å². The van der Waals surface area contributed by atoms with Crippen molar-refractivity contribution in [2.45, 2.75) is 52.4 Å². The van der Waals surface area contributed by atoms with Gasteiger partial charge in [-0.05, 0) is 29.4 Å². The molecule has 0 bridgehead atoms. The molecular formula is C21H28. The summed E-state index contributed by atoms with van der Waals surface area (Å²) in [6, 6.07) is 21.9. The van der Waals surface area contributed by atoms with Crippen LogP contribution < -0.4 is 0 Å². The van der Waals surface area contributed by atoms with Gasteiger partial charge in [0.25, 0.3) is 0 Å². The van der Waals surface area contributed by atoms with Crippen molar-refractivity contribution in [1.82, 2.24) is 0 Å². The highest BCUT2D eigenvalue weighted by atomic mass is 14.2. The van der Waals surface area contributed by atoms with E-state index in [2.05, 4.69) is 81.4 Å². The van der Waals surface area contributed by atoms with E-state index in [1.165, 1.54) is 36.8 Å². The Morgan fingerprint density at radius 2 is 1.29 bits per heavy atom. The summed E-state index contributed by atoms with van der Waals surface area (Å²) >= 11 is 0. The van der Waals surface area contributed by atoms with E-state index in [9.17, 15) is 0 Å². The maximum absolute atomic E-state index is 2.38. The minimum absolute atomic E-state index is 0.470. The first-order chi connectivity index (χ1) is 10.1. The van der Waals surface area contributed by atoms with E-state index >= 15 is 0 Å². The van der Waals surface area contributed by atoms with E-state index < -0.39 is 0 Å². The van der Waals surface area contributed by atoms with E-state index in [4.69, 9.17) is 0 Å². The lowest BCUT2D eigenvalue weighted by molar-refractivity contribution is 0.307. The first kappa shape index (κ1) is 15.8. The number of benzene rings is 2. The van der Waals surface area contributed by atoms with E-state index in [-0.39, 0.29) is 0 Å². The number of hydrogen-bond acceptors (Lipinski definition) is 0. The molecule has 0 aromatic heterocycles. The average Bonchev–Trinajstić information content (AvgIpc) is 2.53. The molecule has 0 fully saturated rings. The molecule has 0 spiro atoms. The lowest BCUT2D eigenvalue weighted by atomic mass is 9.81. The third kappa shape index (κ3) is 4.74. The van der Waals surface area contributed by atoms with Crippen molar-refractivity contribution in [1.29, 1.82) is 0 Å².